The molecule has 0 aliphatic rings. The number of esters is 8. The summed E-state index contributed by atoms with van der Waals surface area (Å²) in [7, 11) is 0. The zero-order chi connectivity index (χ0) is 55.6. The van der Waals surface area contributed by atoms with Crippen molar-refractivity contribution in [1.82, 2.24) is 21.3 Å². The first-order chi connectivity index (χ1) is 34.6. The van der Waals surface area contributed by atoms with Crippen molar-refractivity contribution in [3.63, 3.8) is 0 Å². The van der Waals surface area contributed by atoms with Gasteiger partial charge in [-0.25, -0.2) is 0 Å². The van der Waals surface area contributed by atoms with Gasteiger partial charge in [-0.15, -0.1) is 0 Å². The monoisotopic (exact) mass is 1030 g/mol. The summed E-state index contributed by atoms with van der Waals surface area (Å²) in [4.78, 5) is 152. The Balaban J connectivity index is 2.41. The molecule has 0 radical (unpaired) electrons. The number of ether oxygens (including phenoxy) is 8. The van der Waals surface area contributed by atoms with Gasteiger partial charge in [-0.2, -0.15) is 0 Å². The van der Waals surface area contributed by atoms with E-state index in [0.717, 1.165) is 105 Å². The zero-order valence-electron chi connectivity index (χ0n) is 41.9. The Morgan fingerprint density at radius 1 is 0.446 bits per heavy atom. The highest BCUT2D eigenvalue weighted by Gasteiger charge is 2.27. The van der Waals surface area contributed by atoms with E-state index in [9.17, 15) is 57.5 Å². The Kier molecular flexibility index (Phi) is 21.6. The molecule has 0 aliphatic carbocycles. The lowest BCUT2D eigenvalue weighted by molar-refractivity contribution is -0.135. The van der Waals surface area contributed by atoms with E-state index in [-0.39, 0.29) is 40.5 Å². The minimum Gasteiger partial charge on any atom is -0.423 e. The molecule has 24 heteroatoms. The molecule has 0 saturated carbocycles. The summed E-state index contributed by atoms with van der Waals surface area (Å²) in [6.07, 6.45) is 4.40. The van der Waals surface area contributed by atoms with Crippen LogP contribution < -0.4 is 59.2 Å². The van der Waals surface area contributed by atoms with E-state index in [1.807, 2.05) is 0 Å². The quantitative estimate of drug-likeness (QED) is 0.0705. The Morgan fingerprint density at radius 3 is 1.19 bits per heavy atom. The number of carbonyl (C=O) groups is 12. The summed E-state index contributed by atoms with van der Waals surface area (Å²) < 4.78 is 41.7. The van der Waals surface area contributed by atoms with Crippen molar-refractivity contribution in [3.05, 3.63) is 76.7 Å². The van der Waals surface area contributed by atoms with E-state index in [4.69, 9.17) is 37.9 Å². The number of carbonyl (C=O) groups excluding carboxylic acids is 12. The molecule has 0 saturated heterocycles. The second kappa shape index (κ2) is 27.2. The lowest BCUT2D eigenvalue weighted by atomic mass is 10.0. The van der Waals surface area contributed by atoms with Crippen LogP contribution in [-0.2, 0) is 57.5 Å². The first-order valence-electron chi connectivity index (χ1n) is 21.9. The highest BCUT2D eigenvalue weighted by Crippen LogP contribution is 2.41. The Labute approximate surface area is 422 Å². The first-order valence-corrected chi connectivity index (χ1v) is 21.9. The largest absolute Gasteiger partial charge is 0.423 e. The maximum atomic E-state index is 14.7. The van der Waals surface area contributed by atoms with Crippen LogP contribution >= 0.6 is 0 Å². The minimum atomic E-state index is -1.29. The zero-order valence-corrected chi connectivity index (χ0v) is 41.9. The predicted octanol–water partition coefficient (Wildman–Crippen LogP) is 4.04. The van der Waals surface area contributed by atoms with Gasteiger partial charge in [-0.1, -0.05) is 19.9 Å². The Morgan fingerprint density at radius 2 is 0.811 bits per heavy atom. The molecule has 0 bridgehead atoms. The van der Waals surface area contributed by atoms with E-state index in [1.165, 1.54) is 24.3 Å². The molecule has 4 N–H and O–H groups in total. The molecule has 3 aromatic rings. The van der Waals surface area contributed by atoms with E-state index in [1.54, 1.807) is 13.8 Å². The van der Waals surface area contributed by atoms with Gasteiger partial charge in [0, 0.05) is 68.5 Å². The normalized spacial score (nSPS) is 11.5. The standard InChI is InChI=1S/C50H52N4O20/c1-24(2)16-37(52-25(3)55)49(65)54-39(18-36-22-44(71-30(8)60)47(74-33(11)63)45(23-36)72-31(9)61)50(66)53-38(17-35-20-42(69-28(6)58)46(73-32(10)62)43(21-35)70-29(7)59)48(64)51-15-14-34-12-13-40(67-26(4)56)41(19-34)68-27(5)57/h12-15,17-24,37H,16H2,1-11H3,(H,51,64)(H,52,55)(H,53,66)(H,54,65)/b15-14+,38-17?,39-18?. The van der Waals surface area contributed by atoms with Gasteiger partial charge in [0.05, 0.1) is 0 Å². The van der Waals surface area contributed by atoms with Crippen molar-refractivity contribution in [2.24, 2.45) is 5.92 Å². The molecule has 392 valence electrons. The molecular weight excluding hydrogens is 977 g/mol. The van der Waals surface area contributed by atoms with Crippen LogP contribution in [0.2, 0.25) is 0 Å². The lowest BCUT2D eigenvalue weighted by Crippen LogP contribution is -2.48. The van der Waals surface area contributed by atoms with Gasteiger partial charge >= 0.3 is 47.8 Å². The van der Waals surface area contributed by atoms with Gasteiger partial charge in [0.25, 0.3) is 11.8 Å². The van der Waals surface area contributed by atoms with E-state index >= 15 is 0 Å². The topological polar surface area (TPSA) is 327 Å². The number of amides is 4. The van der Waals surface area contributed by atoms with Gasteiger partial charge in [-0.3, -0.25) is 57.5 Å². The molecule has 1 unspecified atom stereocenters. The number of hydrogen-bond donors (Lipinski definition) is 4. The smallest absolute Gasteiger partial charge is 0.308 e. The van der Waals surface area contributed by atoms with Crippen LogP contribution in [0.1, 0.15) is 99.3 Å². The molecule has 0 fully saturated rings. The third-order valence-electron chi connectivity index (χ3n) is 8.58. The molecule has 3 aromatic carbocycles. The number of nitrogens with one attached hydrogen (secondary N) is 4. The van der Waals surface area contributed by atoms with Crippen molar-refractivity contribution in [2.75, 3.05) is 0 Å². The molecule has 24 nitrogen and oxygen atoms in total. The molecule has 0 aromatic heterocycles. The van der Waals surface area contributed by atoms with Gasteiger partial charge < -0.3 is 59.2 Å². The van der Waals surface area contributed by atoms with Crippen LogP contribution in [0.5, 0.6) is 46.0 Å². The Bertz CT molecular complexity index is 2800. The van der Waals surface area contributed by atoms with Crippen LogP contribution in [0.25, 0.3) is 18.2 Å². The highest BCUT2D eigenvalue weighted by molar-refractivity contribution is 6.09. The van der Waals surface area contributed by atoms with Crippen LogP contribution in [0, 0.1) is 5.92 Å². The maximum Gasteiger partial charge on any atom is 0.308 e. The minimum absolute atomic E-state index is 0.0536. The average Bonchev–Trinajstić information content (AvgIpc) is 3.24. The first kappa shape index (κ1) is 58.8. The fraction of sp³-hybridized carbons (Fsp3) is 0.280. The summed E-state index contributed by atoms with van der Waals surface area (Å²) in [6, 6.07) is 7.06. The number of hydrogen-bond acceptors (Lipinski definition) is 20. The molecule has 0 aliphatic heterocycles. The van der Waals surface area contributed by atoms with E-state index < -0.39 is 123 Å². The summed E-state index contributed by atoms with van der Waals surface area (Å²) in [5.74, 6) is -14.5. The summed E-state index contributed by atoms with van der Waals surface area (Å²) in [5.41, 5.74) is -1.43. The second-order valence-electron chi connectivity index (χ2n) is 15.9. The summed E-state index contributed by atoms with van der Waals surface area (Å²) in [5, 5.41) is 9.74. The summed E-state index contributed by atoms with van der Waals surface area (Å²) >= 11 is 0. The molecule has 0 spiro atoms. The average molecular weight is 1030 g/mol. The van der Waals surface area contributed by atoms with Crippen LogP contribution in [0.15, 0.2) is 60.1 Å². The van der Waals surface area contributed by atoms with Crippen molar-refractivity contribution in [1.29, 1.82) is 0 Å². The molecule has 74 heavy (non-hydrogen) atoms. The second-order valence-corrected chi connectivity index (χ2v) is 15.9. The number of rotatable bonds is 20. The van der Waals surface area contributed by atoms with Crippen molar-refractivity contribution < 1.29 is 95.4 Å². The SMILES string of the molecule is CC(=O)NC(CC(C)C)C(=O)NC(=Cc1cc(OC(C)=O)c(OC(C)=O)c(OC(C)=O)c1)C(=O)NC(=Cc1cc(OC(C)=O)c(OC(C)=O)c(OC(C)=O)c1)C(=O)N/C=C/c1ccc(OC(C)=O)c(OC(C)=O)c1. The van der Waals surface area contributed by atoms with E-state index in [0.29, 0.717) is 0 Å². The maximum absolute atomic E-state index is 14.7. The van der Waals surface area contributed by atoms with Crippen molar-refractivity contribution in [3.8, 4) is 46.0 Å². The number of benzene rings is 3. The van der Waals surface area contributed by atoms with Crippen molar-refractivity contribution >= 4 is 89.6 Å². The fourth-order valence-corrected chi connectivity index (χ4v) is 6.17. The van der Waals surface area contributed by atoms with Gasteiger partial charge in [-0.05, 0) is 83.7 Å². The molecule has 4 amide bonds. The third-order valence-corrected chi connectivity index (χ3v) is 8.58. The van der Waals surface area contributed by atoms with Crippen LogP contribution in [0.3, 0.4) is 0 Å². The lowest BCUT2D eigenvalue weighted by Gasteiger charge is -2.21. The summed E-state index contributed by atoms with van der Waals surface area (Å²) in [6.45, 7) is 12.9. The molecule has 3 rings (SSSR count). The van der Waals surface area contributed by atoms with Gasteiger partial charge in [0.2, 0.25) is 23.3 Å². The van der Waals surface area contributed by atoms with Crippen LogP contribution in [0.4, 0.5) is 0 Å². The van der Waals surface area contributed by atoms with Gasteiger partial charge in [0.15, 0.2) is 34.5 Å². The third kappa shape index (κ3) is 19.7. The van der Waals surface area contributed by atoms with Crippen molar-refractivity contribution in [2.45, 2.75) is 88.6 Å². The predicted molar refractivity (Wildman–Crippen MR) is 256 cm³/mol. The fourth-order valence-electron chi connectivity index (χ4n) is 6.17. The van der Waals surface area contributed by atoms with Crippen LogP contribution in [-0.4, -0.2) is 77.4 Å². The molecule has 0 heterocycles. The Hall–Kier alpha value is -9.48. The molecule has 1 atom stereocenters. The van der Waals surface area contributed by atoms with Gasteiger partial charge in [0.1, 0.15) is 17.4 Å². The van der Waals surface area contributed by atoms with E-state index in [2.05, 4.69) is 21.3 Å². The highest BCUT2D eigenvalue weighted by atomic mass is 16.6. The molecular formula is C50H52N4O20.